The summed E-state index contributed by atoms with van der Waals surface area (Å²) in [6.07, 6.45) is -0.645. The Morgan fingerprint density at radius 1 is 0.941 bits per heavy atom. The number of rotatable bonds is 9. The number of methoxy groups -OCH3 is 1. The molecule has 3 aromatic rings. The number of hydrogen-bond acceptors (Lipinski definition) is 5. The summed E-state index contributed by atoms with van der Waals surface area (Å²) >= 11 is 0. The van der Waals surface area contributed by atoms with Crippen LogP contribution in [0.4, 0.5) is 10.1 Å². The Hall–Kier alpha value is -3.09. The summed E-state index contributed by atoms with van der Waals surface area (Å²) in [6.45, 7) is 7.55. The van der Waals surface area contributed by atoms with Crippen LogP contribution in [0.2, 0.25) is 0 Å². The van der Waals surface area contributed by atoms with Gasteiger partial charge in [0.1, 0.15) is 35.1 Å². The van der Waals surface area contributed by atoms with E-state index in [1.807, 2.05) is 57.2 Å². The molecule has 6 heteroatoms. The van der Waals surface area contributed by atoms with Crippen LogP contribution in [-0.2, 0) is 22.6 Å². The summed E-state index contributed by atoms with van der Waals surface area (Å²) in [7, 11) is 1.66. The summed E-state index contributed by atoms with van der Waals surface area (Å²) in [5, 5.41) is 3.48. The van der Waals surface area contributed by atoms with E-state index in [0.717, 1.165) is 33.9 Å². The van der Waals surface area contributed by atoms with Crippen molar-refractivity contribution in [3.8, 4) is 11.5 Å². The lowest BCUT2D eigenvalue weighted by Crippen LogP contribution is -2.51. The van der Waals surface area contributed by atoms with E-state index < -0.39 is 5.60 Å². The van der Waals surface area contributed by atoms with Crippen molar-refractivity contribution in [2.24, 2.45) is 0 Å². The van der Waals surface area contributed by atoms with Crippen molar-refractivity contribution >= 4 is 5.69 Å². The van der Waals surface area contributed by atoms with E-state index in [2.05, 4.69) is 11.4 Å². The van der Waals surface area contributed by atoms with Gasteiger partial charge in [0.2, 0.25) is 0 Å². The smallest absolute Gasteiger partial charge is 0.132 e. The maximum atomic E-state index is 13.3. The van der Waals surface area contributed by atoms with Gasteiger partial charge in [-0.2, -0.15) is 0 Å². The fourth-order valence-electron chi connectivity index (χ4n) is 4.20. The lowest BCUT2D eigenvalue weighted by Gasteiger charge is -2.44. The highest BCUT2D eigenvalue weighted by atomic mass is 19.1. The molecule has 0 aliphatic carbocycles. The van der Waals surface area contributed by atoms with E-state index in [1.54, 1.807) is 19.2 Å². The molecule has 0 saturated heterocycles. The van der Waals surface area contributed by atoms with Gasteiger partial charge in [-0.1, -0.05) is 24.3 Å². The highest BCUT2D eigenvalue weighted by molar-refractivity contribution is 5.54. The van der Waals surface area contributed by atoms with E-state index in [9.17, 15) is 4.39 Å². The SMILES string of the molecule is CCOC1c2cc(NCc3ccc(OC)cc3)ccc2OC(C)(C)C1OCc1ccc(F)cc1. The summed E-state index contributed by atoms with van der Waals surface area (Å²) in [6, 6.07) is 20.4. The second-order valence-electron chi connectivity index (χ2n) is 8.89. The second-order valence-corrected chi connectivity index (χ2v) is 8.89. The zero-order valence-electron chi connectivity index (χ0n) is 20.1. The number of anilines is 1. The van der Waals surface area contributed by atoms with Crippen molar-refractivity contribution in [3.05, 3.63) is 89.2 Å². The van der Waals surface area contributed by atoms with Crippen LogP contribution >= 0.6 is 0 Å². The van der Waals surface area contributed by atoms with Gasteiger partial charge in [-0.15, -0.1) is 0 Å². The van der Waals surface area contributed by atoms with Crippen LogP contribution < -0.4 is 14.8 Å². The molecule has 5 nitrogen and oxygen atoms in total. The third-order valence-corrected chi connectivity index (χ3v) is 5.99. The molecular weight excluding hydrogens is 433 g/mol. The summed E-state index contributed by atoms with van der Waals surface area (Å²) in [4.78, 5) is 0. The van der Waals surface area contributed by atoms with Crippen LogP contribution in [0.15, 0.2) is 66.7 Å². The minimum Gasteiger partial charge on any atom is -0.497 e. The van der Waals surface area contributed by atoms with E-state index in [-0.39, 0.29) is 18.0 Å². The van der Waals surface area contributed by atoms with Crippen molar-refractivity contribution in [1.82, 2.24) is 0 Å². The fraction of sp³-hybridized carbons (Fsp3) is 0.357. The van der Waals surface area contributed by atoms with Crippen LogP contribution in [0.3, 0.4) is 0 Å². The molecule has 34 heavy (non-hydrogen) atoms. The van der Waals surface area contributed by atoms with Crippen LogP contribution in [-0.4, -0.2) is 25.4 Å². The van der Waals surface area contributed by atoms with E-state index in [0.29, 0.717) is 19.8 Å². The van der Waals surface area contributed by atoms with Crippen molar-refractivity contribution in [3.63, 3.8) is 0 Å². The van der Waals surface area contributed by atoms with Gasteiger partial charge in [0.15, 0.2) is 0 Å². The van der Waals surface area contributed by atoms with Gasteiger partial charge in [0.05, 0.1) is 13.7 Å². The molecule has 0 fully saturated rings. The molecule has 1 aliphatic rings. The first-order valence-electron chi connectivity index (χ1n) is 11.6. The molecule has 1 aliphatic heterocycles. The predicted octanol–water partition coefficient (Wildman–Crippen LogP) is 6.28. The Kier molecular flexibility index (Phi) is 7.39. The largest absolute Gasteiger partial charge is 0.497 e. The third kappa shape index (κ3) is 5.51. The van der Waals surface area contributed by atoms with E-state index >= 15 is 0 Å². The van der Waals surface area contributed by atoms with Crippen molar-refractivity contribution < 1.29 is 23.3 Å². The highest BCUT2D eigenvalue weighted by Crippen LogP contribution is 2.44. The first-order valence-corrected chi connectivity index (χ1v) is 11.6. The Balaban J connectivity index is 1.53. The van der Waals surface area contributed by atoms with Crippen LogP contribution in [0.1, 0.15) is 43.6 Å². The molecule has 4 rings (SSSR count). The minimum absolute atomic E-state index is 0.263. The number of fused-ring (bicyclic) bond motifs is 1. The number of nitrogens with one attached hydrogen (secondary N) is 1. The Morgan fingerprint density at radius 2 is 1.65 bits per heavy atom. The van der Waals surface area contributed by atoms with Gasteiger partial charge < -0.3 is 24.3 Å². The quantitative estimate of drug-likeness (QED) is 0.403. The van der Waals surface area contributed by atoms with Crippen LogP contribution in [0.5, 0.6) is 11.5 Å². The highest BCUT2D eigenvalue weighted by Gasteiger charge is 2.45. The number of ether oxygens (including phenoxy) is 4. The average molecular weight is 466 g/mol. The third-order valence-electron chi connectivity index (χ3n) is 5.99. The Labute approximate surface area is 200 Å². The molecule has 1 N–H and O–H groups in total. The zero-order valence-corrected chi connectivity index (χ0v) is 20.1. The maximum Gasteiger partial charge on any atom is 0.132 e. The van der Waals surface area contributed by atoms with Crippen LogP contribution in [0, 0.1) is 5.82 Å². The molecule has 3 aromatic carbocycles. The molecule has 2 unspecified atom stereocenters. The fourth-order valence-corrected chi connectivity index (χ4v) is 4.20. The Morgan fingerprint density at radius 3 is 2.32 bits per heavy atom. The second kappa shape index (κ2) is 10.5. The molecule has 0 spiro atoms. The van der Waals surface area contributed by atoms with Gasteiger partial charge >= 0.3 is 0 Å². The van der Waals surface area contributed by atoms with E-state index in [4.69, 9.17) is 18.9 Å². The number of halogens is 1. The van der Waals surface area contributed by atoms with Gasteiger partial charge in [0, 0.05) is 24.4 Å². The zero-order chi connectivity index (χ0) is 24.1. The van der Waals surface area contributed by atoms with Crippen LogP contribution in [0.25, 0.3) is 0 Å². The number of benzene rings is 3. The van der Waals surface area contributed by atoms with Crippen molar-refractivity contribution in [2.45, 2.75) is 51.7 Å². The standard InChI is InChI=1S/C28H32FNO4/c1-5-32-26-24-16-22(30-17-19-8-13-23(31-4)14-9-19)12-15-25(24)34-28(2,3)27(26)33-18-20-6-10-21(29)11-7-20/h6-16,26-27,30H,5,17-18H2,1-4H3. The van der Waals surface area contributed by atoms with Gasteiger partial charge in [-0.25, -0.2) is 4.39 Å². The average Bonchev–Trinajstić information content (AvgIpc) is 2.83. The molecule has 180 valence electrons. The predicted molar refractivity (Wildman–Crippen MR) is 131 cm³/mol. The van der Waals surface area contributed by atoms with Gasteiger partial charge in [-0.05, 0) is 74.4 Å². The first kappa shape index (κ1) is 24.0. The number of hydrogen-bond donors (Lipinski definition) is 1. The maximum absolute atomic E-state index is 13.3. The minimum atomic E-state index is -0.606. The normalized spacial score (nSPS) is 18.6. The lowest BCUT2D eigenvalue weighted by molar-refractivity contribution is -0.165. The molecule has 0 saturated carbocycles. The molecule has 0 aromatic heterocycles. The van der Waals surface area contributed by atoms with Gasteiger partial charge in [0.25, 0.3) is 0 Å². The molecule has 1 heterocycles. The monoisotopic (exact) mass is 465 g/mol. The summed E-state index contributed by atoms with van der Waals surface area (Å²) in [5.41, 5.74) is 3.36. The molecule has 0 radical (unpaired) electrons. The van der Waals surface area contributed by atoms with E-state index in [1.165, 1.54) is 12.1 Å². The lowest BCUT2D eigenvalue weighted by atomic mass is 9.87. The summed E-state index contributed by atoms with van der Waals surface area (Å²) in [5.74, 6) is 1.37. The van der Waals surface area contributed by atoms with Crippen molar-refractivity contribution in [2.75, 3.05) is 19.0 Å². The first-order chi connectivity index (χ1) is 16.4. The summed E-state index contributed by atoms with van der Waals surface area (Å²) < 4.78 is 37.4. The van der Waals surface area contributed by atoms with Gasteiger partial charge in [-0.3, -0.25) is 0 Å². The van der Waals surface area contributed by atoms with Crippen molar-refractivity contribution in [1.29, 1.82) is 0 Å². The molecule has 0 bridgehead atoms. The molecular formula is C28H32FNO4. The topological polar surface area (TPSA) is 49.0 Å². The molecule has 2 atom stereocenters. The molecule has 0 amide bonds. The Bertz CT molecular complexity index is 1080.